The van der Waals surface area contributed by atoms with Crippen LogP contribution in [0.1, 0.15) is 13.8 Å². The maximum atomic E-state index is 12.1. The van der Waals surface area contributed by atoms with Gasteiger partial charge in [0, 0.05) is 17.3 Å². The molecule has 2 aromatic carbocycles. The number of aromatic nitrogens is 3. The van der Waals surface area contributed by atoms with E-state index < -0.39 is 5.25 Å². The first kappa shape index (κ1) is 20.7. The third-order valence-corrected chi connectivity index (χ3v) is 5.18. The average Bonchev–Trinajstić information content (AvgIpc) is 3.17. The molecule has 0 aliphatic rings. The van der Waals surface area contributed by atoms with Crippen LogP contribution in [-0.2, 0) is 9.53 Å². The van der Waals surface area contributed by atoms with Gasteiger partial charge in [0.05, 0.1) is 20.8 Å². The molecule has 0 saturated heterocycles. The fourth-order valence-electron chi connectivity index (χ4n) is 2.75. The van der Waals surface area contributed by atoms with Gasteiger partial charge in [0.15, 0.2) is 11.0 Å². The fourth-order valence-corrected chi connectivity index (χ4v) is 3.61. The maximum Gasteiger partial charge on any atom is 0.319 e. The van der Waals surface area contributed by atoms with Crippen molar-refractivity contribution >= 4 is 17.7 Å². The highest BCUT2D eigenvalue weighted by molar-refractivity contribution is 8.00. The molecule has 0 N–H and O–H groups in total. The molecule has 0 aliphatic heterocycles. The Bertz CT molecular complexity index is 953. The summed E-state index contributed by atoms with van der Waals surface area (Å²) in [5, 5.41) is 8.92. The molecule has 29 heavy (non-hydrogen) atoms. The van der Waals surface area contributed by atoms with Gasteiger partial charge in [-0.15, -0.1) is 10.2 Å². The minimum Gasteiger partial charge on any atom is -0.497 e. The second-order valence-corrected chi connectivity index (χ2v) is 7.40. The molecule has 3 rings (SSSR count). The van der Waals surface area contributed by atoms with E-state index in [4.69, 9.17) is 14.2 Å². The van der Waals surface area contributed by atoms with Crippen LogP contribution < -0.4 is 9.47 Å². The van der Waals surface area contributed by atoms with Gasteiger partial charge in [-0.05, 0) is 38.1 Å². The number of carbonyl (C=O) groups excluding carboxylic acids is 1. The van der Waals surface area contributed by atoms with Crippen molar-refractivity contribution in [1.29, 1.82) is 0 Å². The number of hydrogen-bond acceptors (Lipinski definition) is 7. The highest BCUT2D eigenvalue weighted by Gasteiger charge is 2.23. The Labute approximate surface area is 174 Å². The highest BCUT2D eigenvalue weighted by Crippen LogP contribution is 2.34. The zero-order valence-corrected chi connectivity index (χ0v) is 17.6. The molecule has 7 nitrogen and oxygen atoms in total. The Morgan fingerprint density at radius 1 is 1.07 bits per heavy atom. The number of esters is 1. The standard InChI is InChI=1S/C21H23N3O4S/c1-5-28-20(25)14(2)29-21-23-22-19(24(21)16-9-7-6-8-10-16)15-11-17(26-3)13-18(12-15)27-4/h6-14H,5H2,1-4H3. The van der Waals surface area contributed by atoms with E-state index in [2.05, 4.69) is 10.2 Å². The van der Waals surface area contributed by atoms with Gasteiger partial charge in [-0.25, -0.2) is 0 Å². The van der Waals surface area contributed by atoms with Gasteiger partial charge in [0.1, 0.15) is 16.7 Å². The molecule has 1 heterocycles. The van der Waals surface area contributed by atoms with Crippen LogP contribution in [0.25, 0.3) is 17.1 Å². The van der Waals surface area contributed by atoms with Gasteiger partial charge in [0.2, 0.25) is 0 Å². The number of carbonyl (C=O) groups is 1. The first-order valence-electron chi connectivity index (χ1n) is 9.15. The van der Waals surface area contributed by atoms with Crippen LogP contribution in [0.5, 0.6) is 11.5 Å². The van der Waals surface area contributed by atoms with E-state index in [9.17, 15) is 4.79 Å². The molecule has 152 valence electrons. The summed E-state index contributed by atoms with van der Waals surface area (Å²) in [6.07, 6.45) is 0. The van der Waals surface area contributed by atoms with Crippen molar-refractivity contribution in [2.75, 3.05) is 20.8 Å². The first-order valence-corrected chi connectivity index (χ1v) is 10.0. The van der Waals surface area contributed by atoms with Crippen LogP contribution >= 0.6 is 11.8 Å². The van der Waals surface area contributed by atoms with E-state index in [1.54, 1.807) is 34.1 Å². The van der Waals surface area contributed by atoms with Crippen molar-refractivity contribution in [3.63, 3.8) is 0 Å². The second-order valence-electron chi connectivity index (χ2n) is 6.09. The van der Waals surface area contributed by atoms with Crippen LogP contribution in [-0.4, -0.2) is 46.8 Å². The van der Waals surface area contributed by atoms with Crippen LogP contribution in [0, 0.1) is 0 Å². The van der Waals surface area contributed by atoms with Crippen molar-refractivity contribution in [2.24, 2.45) is 0 Å². The number of thioether (sulfide) groups is 1. The molecule has 0 saturated carbocycles. The summed E-state index contributed by atoms with van der Waals surface area (Å²) in [7, 11) is 3.20. The molecule has 1 unspecified atom stereocenters. The van der Waals surface area contributed by atoms with E-state index in [0.717, 1.165) is 11.3 Å². The quantitative estimate of drug-likeness (QED) is 0.408. The summed E-state index contributed by atoms with van der Waals surface area (Å²) in [5.74, 6) is 1.63. The molecule has 1 aromatic heterocycles. The lowest BCUT2D eigenvalue weighted by atomic mass is 10.2. The predicted octanol–water partition coefficient (Wildman–Crippen LogP) is 4.00. The molecule has 3 aromatic rings. The Morgan fingerprint density at radius 3 is 2.31 bits per heavy atom. The number of benzene rings is 2. The lowest BCUT2D eigenvalue weighted by Gasteiger charge is -2.14. The lowest BCUT2D eigenvalue weighted by molar-refractivity contribution is -0.142. The summed E-state index contributed by atoms with van der Waals surface area (Å²) < 4.78 is 17.8. The summed E-state index contributed by atoms with van der Waals surface area (Å²) in [5.41, 5.74) is 1.67. The summed E-state index contributed by atoms with van der Waals surface area (Å²) >= 11 is 1.30. The molecule has 1 atom stereocenters. The van der Waals surface area contributed by atoms with Gasteiger partial charge in [-0.1, -0.05) is 30.0 Å². The zero-order chi connectivity index (χ0) is 20.8. The van der Waals surface area contributed by atoms with Crippen LogP contribution in [0.3, 0.4) is 0 Å². The normalized spacial score (nSPS) is 11.7. The van der Waals surface area contributed by atoms with Crippen molar-refractivity contribution < 1.29 is 19.0 Å². The van der Waals surface area contributed by atoms with Crippen LogP contribution in [0.4, 0.5) is 0 Å². The molecule has 0 spiro atoms. The highest BCUT2D eigenvalue weighted by atomic mass is 32.2. The van der Waals surface area contributed by atoms with E-state index in [1.807, 2.05) is 47.0 Å². The number of ether oxygens (including phenoxy) is 3. The number of nitrogens with zero attached hydrogens (tertiary/aromatic N) is 3. The molecule has 0 radical (unpaired) electrons. The molecule has 0 fully saturated rings. The Balaban J connectivity index is 2.09. The number of rotatable bonds is 8. The molecule has 0 bridgehead atoms. The molecule has 8 heteroatoms. The fraction of sp³-hybridized carbons (Fsp3) is 0.286. The number of methoxy groups -OCH3 is 2. The average molecular weight is 413 g/mol. The maximum absolute atomic E-state index is 12.1. The summed E-state index contributed by atoms with van der Waals surface area (Å²) in [6.45, 7) is 3.92. The van der Waals surface area contributed by atoms with E-state index in [1.165, 1.54) is 11.8 Å². The van der Waals surface area contributed by atoms with E-state index in [-0.39, 0.29) is 5.97 Å². The first-order chi connectivity index (χ1) is 14.1. The zero-order valence-electron chi connectivity index (χ0n) is 16.8. The third-order valence-electron chi connectivity index (χ3n) is 4.16. The molecule has 0 aliphatic carbocycles. The van der Waals surface area contributed by atoms with Crippen molar-refractivity contribution in [2.45, 2.75) is 24.3 Å². The second kappa shape index (κ2) is 9.47. The topological polar surface area (TPSA) is 75.5 Å². The van der Waals surface area contributed by atoms with Gasteiger partial charge in [0.25, 0.3) is 0 Å². The summed E-state index contributed by atoms with van der Waals surface area (Å²) in [4.78, 5) is 12.1. The SMILES string of the molecule is CCOC(=O)C(C)Sc1nnc(-c2cc(OC)cc(OC)c2)n1-c1ccccc1. The van der Waals surface area contributed by atoms with Gasteiger partial charge >= 0.3 is 5.97 Å². The van der Waals surface area contributed by atoms with Crippen molar-refractivity contribution in [3.05, 3.63) is 48.5 Å². The van der Waals surface area contributed by atoms with Gasteiger partial charge in [-0.2, -0.15) is 0 Å². The molecular formula is C21H23N3O4S. The Hall–Kier alpha value is -3.00. The van der Waals surface area contributed by atoms with Gasteiger partial charge in [-0.3, -0.25) is 9.36 Å². The van der Waals surface area contributed by atoms with Gasteiger partial charge < -0.3 is 14.2 Å². The van der Waals surface area contributed by atoms with Crippen LogP contribution in [0.15, 0.2) is 53.7 Å². The smallest absolute Gasteiger partial charge is 0.319 e. The largest absolute Gasteiger partial charge is 0.497 e. The Kier molecular flexibility index (Phi) is 6.77. The van der Waals surface area contributed by atoms with E-state index >= 15 is 0 Å². The summed E-state index contributed by atoms with van der Waals surface area (Å²) in [6, 6.07) is 15.3. The lowest BCUT2D eigenvalue weighted by Crippen LogP contribution is -2.17. The van der Waals surface area contributed by atoms with E-state index in [0.29, 0.717) is 29.1 Å². The third kappa shape index (κ3) is 4.71. The predicted molar refractivity (Wildman–Crippen MR) is 112 cm³/mol. The molecule has 0 amide bonds. The molecular weight excluding hydrogens is 390 g/mol. The number of para-hydroxylation sites is 1. The number of hydrogen-bond donors (Lipinski definition) is 0. The minimum atomic E-state index is -0.422. The monoisotopic (exact) mass is 413 g/mol. The van der Waals surface area contributed by atoms with Crippen LogP contribution in [0.2, 0.25) is 0 Å². The Morgan fingerprint density at radius 2 is 1.72 bits per heavy atom. The van der Waals surface area contributed by atoms with Crippen molar-refractivity contribution in [1.82, 2.24) is 14.8 Å². The minimum absolute atomic E-state index is 0.287. The van der Waals surface area contributed by atoms with Crippen molar-refractivity contribution in [3.8, 4) is 28.6 Å².